The predicted molar refractivity (Wildman–Crippen MR) is 110 cm³/mol. The highest BCUT2D eigenvalue weighted by atomic mass is 35.5. The fraction of sp³-hybridized carbons (Fsp3) is 0.300. The normalized spacial score (nSPS) is 19.4. The van der Waals surface area contributed by atoms with E-state index in [4.69, 9.17) is 11.6 Å². The van der Waals surface area contributed by atoms with Gasteiger partial charge in [-0.05, 0) is 43.2 Å². The fourth-order valence-corrected chi connectivity index (χ4v) is 4.85. The van der Waals surface area contributed by atoms with Gasteiger partial charge in [-0.25, -0.2) is 13.1 Å². The molecule has 152 valence electrons. The smallest absolute Gasteiger partial charge is 0.240 e. The van der Waals surface area contributed by atoms with E-state index in [-0.39, 0.29) is 35.7 Å². The van der Waals surface area contributed by atoms with E-state index in [0.717, 1.165) is 12.8 Å². The van der Waals surface area contributed by atoms with Gasteiger partial charge in [-0.1, -0.05) is 29.8 Å². The van der Waals surface area contributed by atoms with Crippen molar-refractivity contribution in [2.45, 2.75) is 30.2 Å². The number of hydrogen-bond donors (Lipinski definition) is 2. The van der Waals surface area contributed by atoms with E-state index in [1.165, 1.54) is 17.0 Å². The number of para-hydroxylation sites is 1. The first-order chi connectivity index (χ1) is 13.8. The Bertz CT molecular complexity index is 1070. The number of anilines is 2. The zero-order chi connectivity index (χ0) is 20.6. The summed E-state index contributed by atoms with van der Waals surface area (Å²) in [5, 5.41) is 3.18. The van der Waals surface area contributed by atoms with Crippen molar-refractivity contribution < 1.29 is 18.0 Å². The minimum atomic E-state index is -3.61. The maximum absolute atomic E-state index is 12.7. The molecule has 0 radical (unpaired) electrons. The number of amides is 2. The predicted octanol–water partition coefficient (Wildman–Crippen LogP) is 2.77. The highest BCUT2D eigenvalue weighted by Crippen LogP contribution is 2.31. The molecule has 0 spiro atoms. The molecular weight excluding hydrogens is 414 g/mol. The van der Waals surface area contributed by atoms with Crippen molar-refractivity contribution in [2.24, 2.45) is 5.92 Å². The summed E-state index contributed by atoms with van der Waals surface area (Å²) >= 11 is 6.17. The van der Waals surface area contributed by atoms with E-state index in [1.807, 2.05) is 0 Å². The van der Waals surface area contributed by atoms with Crippen LogP contribution in [0.2, 0.25) is 5.02 Å². The highest BCUT2D eigenvalue weighted by Gasteiger charge is 2.36. The Labute approximate surface area is 174 Å². The summed E-state index contributed by atoms with van der Waals surface area (Å²) in [5.74, 6) is -1.07. The minimum absolute atomic E-state index is 0.00135. The van der Waals surface area contributed by atoms with Crippen LogP contribution in [-0.2, 0) is 19.6 Å². The Balaban J connectivity index is 1.45. The molecule has 2 amide bonds. The summed E-state index contributed by atoms with van der Waals surface area (Å²) in [6, 6.07) is 13.1. The summed E-state index contributed by atoms with van der Waals surface area (Å²) in [6.45, 7) is 0.218. The van der Waals surface area contributed by atoms with Crippen LogP contribution in [0, 0.1) is 5.92 Å². The fourth-order valence-electron chi connectivity index (χ4n) is 3.26. The van der Waals surface area contributed by atoms with Crippen molar-refractivity contribution in [3.8, 4) is 0 Å². The quantitative estimate of drug-likeness (QED) is 0.732. The van der Waals surface area contributed by atoms with Gasteiger partial charge in [0.15, 0.2) is 0 Å². The number of benzene rings is 2. The van der Waals surface area contributed by atoms with Crippen molar-refractivity contribution in [1.29, 1.82) is 0 Å². The second-order valence-corrected chi connectivity index (χ2v) is 9.39. The molecule has 1 atom stereocenters. The van der Waals surface area contributed by atoms with Crippen LogP contribution in [0.4, 0.5) is 11.4 Å². The molecule has 9 heteroatoms. The molecule has 2 aromatic rings. The number of nitrogens with one attached hydrogen (secondary N) is 2. The summed E-state index contributed by atoms with van der Waals surface area (Å²) in [7, 11) is -3.61. The first-order valence-corrected chi connectivity index (χ1v) is 11.2. The Morgan fingerprint density at radius 3 is 2.59 bits per heavy atom. The summed E-state index contributed by atoms with van der Waals surface area (Å²) in [5.41, 5.74) is 0.950. The van der Waals surface area contributed by atoms with Crippen molar-refractivity contribution in [3.63, 3.8) is 0 Å². The molecule has 1 saturated heterocycles. The van der Waals surface area contributed by atoms with Crippen molar-refractivity contribution >= 4 is 44.8 Å². The number of halogens is 1. The van der Waals surface area contributed by atoms with E-state index in [1.54, 1.807) is 36.4 Å². The molecule has 2 aromatic carbocycles. The van der Waals surface area contributed by atoms with Gasteiger partial charge in [0, 0.05) is 24.7 Å². The molecule has 29 heavy (non-hydrogen) atoms. The van der Waals surface area contributed by atoms with E-state index in [0.29, 0.717) is 16.4 Å². The molecule has 7 nitrogen and oxygen atoms in total. The number of carbonyl (C=O) groups is 2. The maximum Gasteiger partial charge on any atom is 0.240 e. The van der Waals surface area contributed by atoms with Crippen LogP contribution in [0.15, 0.2) is 53.4 Å². The molecule has 0 bridgehead atoms. The molecular formula is C20H20ClN3O4S. The summed E-state index contributed by atoms with van der Waals surface area (Å²) < 4.78 is 27.3. The van der Waals surface area contributed by atoms with Gasteiger partial charge in [-0.3, -0.25) is 9.59 Å². The molecule has 1 heterocycles. The molecule has 4 rings (SSSR count). The average molecular weight is 434 g/mol. The third-order valence-electron chi connectivity index (χ3n) is 4.95. The van der Waals surface area contributed by atoms with Crippen LogP contribution in [0.1, 0.15) is 19.3 Å². The van der Waals surface area contributed by atoms with Crippen molar-refractivity contribution in [2.75, 3.05) is 16.8 Å². The van der Waals surface area contributed by atoms with Gasteiger partial charge >= 0.3 is 0 Å². The van der Waals surface area contributed by atoms with Crippen molar-refractivity contribution in [3.05, 3.63) is 53.6 Å². The van der Waals surface area contributed by atoms with E-state index in [9.17, 15) is 18.0 Å². The van der Waals surface area contributed by atoms with E-state index >= 15 is 0 Å². The zero-order valence-electron chi connectivity index (χ0n) is 15.5. The van der Waals surface area contributed by atoms with E-state index in [2.05, 4.69) is 10.0 Å². The molecule has 2 fully saturated rings. The average Bonchev–Trinajstić information content (AvgIpc) is 3.40. The largest absolute Gasteiger partial charge is 0.326 e. The van der Waals surface area contributed by atoms with Crippen LogP contribution in [0.25, 0.3) is 0 Å². The van der Waals surface area contributed by atoms with Gasteiger partial charge in [0.25, 0.3) is 0 Å². The van der Waals surface area contributed by atoms with Crippen LogP contribution in [-0.4, -0.2) is 32.8 Å². The molecule has 1 aliphatic heterocycles. The molecule has 1 saturated carbocycles. The molecule has 1 unspecified atom stereocenters. The lowest BCUT2D eigenvalue weighted by Gasteiger charge is -2.18. The number of carbonyl (C=O) groups excluding carboxylic acids is 2. The lowest BCUT2D eigenvalue weighted by molar-refractivity contribution is -0.122. The second kappa shape index (κ2) is 7.78. The number of hydrogen-bond acceptors (Lipinski definition) is 4. The highest BCUT2D eigenvalue weighted by molar-refractivity contribution is 7.89. The third-order valence-corrected chi connectivity index (χ3v) is 6.79. The number of nitrogens with zero attached hydrogens (tertiary/aromatic N) is 1. The van der Waals surface area contributed by atoms with Gasteiger partial charge < -0.3 is 10.2 Å². The van der Waals surface area contributed by atoms with Crippen LogP contribution in [0.5, 0.6) is 0 Å². The first kappa shape index (κ1) is 19.9. The number of sulfonamides is 1. The monoisotopic (exact) mass is 433 g/mol. The zero-order valence-corrected chi connectivity index (χ0v) is 17.0. The van der Waals surface area contributed by atoms with Gasteiger partial charge in [-0.2, -0.15) is 0 Å². The topological polar surface area (TPSA) is 95.6 Å². The van der Waals surface area contributed by atoms with Crippen molar-refractivity contribution in [1.82, 2.24) is 4.72 Å². The third kappa shape index (κ3) is 4.44. The molecule has 2 aliphatic rings. The van der Waals surface area contributed by atoms with Crippen LogP contribution >= 0.6 is 11.6 Å². The summed E-state index contributed by atoms with van der Waals surface area (Å²) in [4.78, 5) is 26.7. The van der Waals surface area contributed by atoms with Gasteiger partial charge in [-0.15, -0.1) is 0 Å². The van der Waals surface area contributed by atoms with Gasteiger partial charge in [0.2, 0.25) is 21.8 Å². The lowest BCUT2D eigenvalue weighted by Crippen LogP contribution is -2.28. The second-order valence-electron chi connectivity index (χ2n) is 7.27. The van der Waals surface area contributed by atoms with Gasteiger partial charge in [0.05, 0.1) is 21.5 Å². The van der Waals surface area contributed by atoms with Gasteiger partial charge in [0.1, 0.15) is 0 Å². The van der Waals surface area contributed by atoms with E-state index < -0.39 is 15.9 Å². The first-order valence-electron chi connectivity index (χ1n) is 9.31. The van der Waals surface area contributed by atoms with Crippen LogP contribution < -0.4 is 14.9 Å². The Kier molecular flexibility index (Phi) is 5.33. The Hall–Kier alpha value is -2.42. The summed E-state index contributed by atoms with van der Waals surface area (Å²) in [6.07, 6.45) is 1.75. The molecule has 1 aliphatic carbocycles. The SMILES string of the molecule is O=C(Nc1cccc(S(=O)(=O)NC2CC2)c1)C1CC(=O)N(c2ccccc2Cl)C1. The molecule has 2 N–H and O–H groups in total. The number of rotatable bonds is 6. The van der Waals surface area contributed by atoms with Crippen LogP contribution in [0.3, 0.4) is 0 Å². The minimum Gasteiger partial charge on any atom is -0.326 e. The Morgan fingerprint density at radius 1 is 1.10 bits per heavy atom. The Morgan fingerprint density at radius 2 is 1.86 bits per heavy atom. The lowest BCUT2D eigenvalue weighted by atomic mass is 10.1. The maximum atomic E-state index is 12.7. The molecule has 0 aromatic heterocycles. The standard InChI is InChI=1S/C20H20ClN3O4S/c21-17-6-1-2-7-18(17)24-12-13(10-19(24)25)20(26)22-15-4-3-5-16(11-15)29(27,28)23-14-8-9-14/h1-7,11,13-14,23H,8-10,12H2,(H,22,26).